The first-order valence-corrected chi connectivity index (χ1v) is 9.23. The summed E-state index contributed by atoms with van der Waals surface area (Å²) in [5, 5.41) is 3.22. The van der Waals surface area contributed by atoms with Crippen molar-refractivity contribution in [2.45, 2.75) is 45.2 Å². The van der Waals surface area contributed by atoms with Gasteiger partial charge >= 0.3 is 6.09 Å². The molecule has 2 rings (SSSR count). The number of aryl methyl sites for hydroxylation is 1. The number of guanidine groups is 1. The standard InChI is InChI=1S/C18H29N5O3/c1-2-26-18(25)23-13-8-15(9-14-23)21-17(19)20-10-4-6-12-22-11-5-3-7-16(22)24/h3,5,7,11,15H,2,4,6,8-10,12-14H2,1H3,(H3,19,20,21). The Bertz CT molecular complexity index is 650. The van der Waals surface area contributed by atoms with Gasteiger partial charge in [0.05, 0.1) is 6.61 Å². The number of carbonyl (C=O) groups excluding carboxylic acids is 1. The highest BCUT2D eigenvalue weighted by molar-refractivity contribution is 5.78. The van der Waals surface area contributed by atoms with Gasteiger partial charge in [0.15, 0.2) is 5.96 Å². The predicted molar refractivity (Wildman–Crippen MR) is 101 cm³/mol. The number of aliphatic imine (C=N–C) groups is 1. The van der Waals surface area contributed by atoms with Gasteiger partial charge in [0.2, 0.25) is 5.56 Å². The van der Waals surface area contributed by atoms with Crippen LogP contribution < -0.4 is 16.6 Å². The van der Waals surface area contributed by atoms with Gasteiger partial charge in [0, 0.05) is 44.5 Å². The number of ether oxygens (including phenoxy) is 1. The van der Waals surface area contributed by atoms with E-state index in [-0.39, 0.29) is 17.7 Å². The Morgan fingerprint density at radius 3 is 2.81 bits per heavy atom. The van der Waals surface area contributed by atoms with Crippen LogP contribution in [0.4, 0.5) is 4.79 Å². The Kier molecular flexibility index (Phi) is 7.98. The van der Waals surface area contributed by atoms with Crippen molar-refractivity contribution < 1.29 is 9.53 Å². The van der Waals surface area contributed by atoms with Crippen LogP contribution in [0.15, 0.2) is 34.2 Å². The number of aromatic nitrogens is 1. The molecule has 1 aromatic rings. The molecule has 8 nitrogen and oxygen atoms in total. The smallest absolute Gasteiger partial charge is 0.409 e. The zero-order valence-electron chi connectivity index (χ0n) is 15.4. The van der Waals surface area contributed by atoms with Gasteiger partial charge in [-0.25, -0.2) is 4.79 Å². The van der Waals surface area contributed by atoms with Crippen LogP contribution >= 0.6 is 0 Å². The third-order valence-corrected chi connectivity index (χ3v) is 4.36. The number of nitrogens with one attached hydrogen (secondary N) is 1. The third-order valence-electron chi connectivity index (χ3n) is 4.36. The summed E-state index contributed by atoms with van der Waals surface area (Å²) in [6, 6.07) is 5.39. The highest BCUT2D eigenvalue weighted by atomic mass is 16.6. The maximum atomic E-state index is 11.7. The number of hydrogen-bond donors (Lipinski definition) is 2. The van der Waals surface area contributed by atoms with Gasteiger partial charge in [-0.05, 0) is 38.7 Å². The van der Waals surface area contributed by atoms with E-state index in [2.05, 4.69) is 10.3 Å². The minimum absolute atomic E-state index is 0.0198. The summed E-state index contributed by atoms with van der Waals surface area (Å²) in [7, 11) is 0. The lowest BCUT2D eigenvalue weighted by Gasteiger charge is -2.31. The number of hydrogen-bond acceptors (Lipinski definition) is 4. The minimum Gasteiger partial charge on any atom is -0.450 e. The molecular weight excluding hydrogens is 334 g/mol. The van der Waals surface area contributed by atoms with E-state index < -0.39 is 0 Å². The second-order valence-electron chi connectivity index (χ2n) is 6.31. The SMILES string of the molecule is CCOC(=O)N1CCC(NC(N)=NCCCCn2ccccc2=O)CC1. The molecule has 1 aliphatic heterocycles. The zero-order chi connectivity index (χ0) is 18.8. The number of nitrogens with zero attached hydrogens (tertiary/aromatic N) is 3. The molecule has 0 radical (unpaired) electrons. The lowest BCUT2D eigenvalue weighted by molar-refractivity contribution is 0.0963. The van der Waals surface area contributed by atoms with Crippen LogP contribution in [0.5, 0.6) is 0 Å². The Hall–Kier alpha value is -2.51. The molecular formula is C18H29N5O3. The zero-order valence-corrected chi connectivity index (χ0v) is 15.4. The number of rotatable bonds is 7. The van der Waals surface area contributed by atoms with Gasteiger partial charge in [-0.3, -0.25) is 9.79 Å². The topological polar surface area (TPSA) is 102 Å². The fourth-order valence-corrected chi connectivity index (χ4v) is 2.91. The van der Waals surface area contributed by atoms with E-state index in [0.29, 0.717) is 38.7 Å². The number of carbonyl (C=O) groups is 1. The number of likely N-dealkylation sites (tertiary alicyclic amines) is 1. The highest BCUT2D eigenvalue weighted by Gasteiger charge is 2.23. The molecule has 0 atom stereocenters. The molecule has 0 aliphatic carbocycles. The fourth-order valence-electron chi connectivity index (χ4n) is 2.91. The van der Waals surface area contributed by atoms with Crippen molar-refractivity contribution in [3.8, 4) is 0 Å². The Morgan fingerprint density at radius 2 is 2.12 bits per heavy atom. The van der Waals surface area contributed by atoms with Crippen molar-refractivity contribution in [3.63, 3.8) is 0 Å². The molecule has 26 heavy (non-hydrogen) atoms. The number of piperidine rings is 1. The number of nitrogens with two attached hydrogens (primary N) is 1. The molecule has 1 aromatic heterocycles. The molecule has 1 fully saturated rings. The summed E-state index contributed by atoms with van der Waals surface area (Å²) in [4.78, 5) is 29.3. The maximum absolute atomic E-state index is 11.7. The first-order valence-electron chi connectivity index (χ1n) is 9.23. The largest absolute Gasteiger partial charge is 0.450 e. The number of pyridine rings is 1. The summed E-state index contributed by atoms with van der Waals surface area (Å²) in [6.45, 7) is 4.85. The first kappa shape index (κ1) is 19.8. The normalized spacial score (nSPS) is 15.7. The van der Waals surface area contributed by atoms with Crippen LogP contribution in [-0.4, -0.2) is 53.8 Å². The molecule has 8 heteroatoms. The van der Waals surface area contributed by atoms with Crippen molar-refractivity contribution in [2.24, 2.45) is 10.7 Å². The Labute approximate surface area is 154 Å². The minimum atomic E-state index is -0.245. The van der Waals surface area contributed by atoms with E-state index in [1.54, 1.807) is 27.8 Å². The van der Waals surface area contributed by atoms with Crippen LogP contribution in [0, 0.1) is 0 Å². The van der Waals surface area contributed by atoms with Crippen molar-refractivity contribution in [3.05, 3.63) is 34.7 Å². The van der Waals surface area contributed by atoms with E-state index in [1.165, 1.54) is 0 Å². The maximum Gasteiger partial charge on any atom is 0.409 e. The van der Waals surface area contributed by atoms with Gasteiger partial charge in [0.1, 0.15) is 0 Å². The average Bonchev–Trinajstić information content (AvgIpc) is 2.63. The van der Waals surface area contributed by atoms with Gasteiger partial charge in [0.25, 0.3) is 0 Å². The van der Waals surface area contributed by atoms with Crippen LogP contribution in [0.25, 0.3) is 0 Å². The summed E-state index contributed by atoms with van der Waals surface area (Å²) in [6.07, 6.45) is 4.94. The number of amides is 1. The molecule has 0 unspecified atom stereocenters. The molecule has 2 heterocycles. The monoisotopic (exact) mass is 363 g/mol. The molecule has 0 aromatic carbocycles. The van der Waals surface area contributed by atoms with E-state index in [1.807, 2.05) is 13.0 Å². The molecule has 1 amide bonds. The summed E-state index contributed by atoms with van der Waals surface area (Å²) >= 11 is 0. The number of unbranched alkanes of at least 4 members (excludes halogenated alkanes) is 1. The molecule has 0 spiro atoms. The van der Waals surface area contributed by atoms with Gasteiger partial charge in [-0.1, -0.05) is 6.07 Å². The molecule has 144 valence electrons. The predicted octanol–water partition coefficient (Wildman–Crippen LogP) is 1.15. The second kappa shape index (κ2) is 10.5. The second-order valence-corrected chi connectivity index (χ2v) is 6.31. The van der Waals surface area contributed by atoms with Crippen LogP contribution in [-0.2, 0) is 11.3 Å². The first-order chi connectivity index (χ1) is 12.6. The quantitative estimate of drug-likeness (QED) is 0.430. The van der Waals surface area contributed by atoms with Crippen LogP contribution in [0.3, 0.4) is 0 Å². The van der Waals surface area contributed by atoms with Crippen molar-refractivity contribution in [1.29, 1.82) is 0 Å². The Morgan fingerprint density at radius 1 is 1.35 bits per heavy atom. The molecule has 0 bridgehead atoms. The van der Waals surface area contributed by atoms with E-state index in [9.17, 15) is 9.59 Å². The summed E-state index contributed by atoms with van der Waals surface area (Å²) < 4.78 is 6.71. The van der Waals surface area contributed by atoms with Gasteiger partial charge in [-0.15, -0.1) is 0 Å². The van der Waals surface area contributed by atoms with Gasteiger partial charge < -0.3 is 25.3 Å². The summed E-state index contributed by atoms with van der Waals surface area (Å²) in [5.74, 6) is 0.441. The van der Waals surface area contributed by atoms with Crippen molar-refractivity contribution >= 4 is 12.1 Å². The third kappa shape index (κ3) is 6.42. The highest BCUT2D eigenvalue weighted by Crippen LogP contribution is 2.11. The lowest BCUT2D eigenvalue weighted by atomic mass is 10.1. The molecule has 1 saturated heterocycles. The van der Waals surface area contributed by atoms with E-state index in [0.717, 1.165) is 25.7 Å². The average molecular weight is 363 g/mol. The van der Waals surface area contributed by atoms with Crippen molar-refractivity contribution in [2.75, 3.05) is 26.2 Å². The van der Waals surface area contributed by atoms with Crippen LogP contribution in [0.2, 0.25) is 0 Å². The summed E-state index contributed by atoms with van der Waals surface area (Å²) in [5.41, 5.74) is 5.96. The van der Waals surface area contributed by atoms with E-state index >= 15 is 0 Å². The molecule has 0 saturated carbocycles. The Balaban J connectivity index is 1.62. The lowest BCUT2D eigenvalue weighted by Crippen LogP contribution is -2.48. The molecule has 3 N–H and O–H groups in total. The van der Waals surface area contributed by atoms with Crippen molar-refractivity contribution in [1.82, 2.24) is 14.8 Å². The van der Waals surface area contributed by atoms with E-state index in [4.69, 9.17) is 10.5 Å². The molecule has 1 aliphatic rings. The van der Waals surface area contributed by atoms with Gasteiger partial charge in [-0.2, -0.15) is 0 Å². The fraction of sp³-hybridized carbons (Fsp3) is 0.611. The van der Waals surface area contributed by atoms with Crippen LogP contribution in [0.1, 0.15) is 32.6 Å².